The van der Waals surface area contributed by atoms with E-state index in [0.29, 0.717) is 32.5 Å². The molecule has 1 fully saturated rings. The van der Waals surface area contributed by atoms with Gasteiger partial charge in [0, 0.05) is 13.1 Å². The van der Waals surface area contributed by atoms with Crippen LogP contribution < -0.4 is 0 Å². The summed E-state index contributed by atoms with van der Waals surface area (Å²) in [6.45, 7) is 3.01. The summed E-state index contributed by atoms with van der Waals surface area (Å²) >= 11 is 0. The summed E-state index contributed by atoms with van der Waals surface area (Å²) in [6.07, 6.45) is 0.239. The van der Waals surface area contributed by atoms with Crippen molar-refractivity contribution in [2.45, 2.75) is 19.8 Å². The molecule has 0 aliphatic carbocycles. The van der Waals surface area contributed by atoms with Crippen molar-refractivity contribution in [3.8, 4) is 0 Å². The number of amides is 1. The molecule has 14 heavy (non-hydrogen) atoms. The molecule has 0 unspecified atom stereocenters. The van der Waals surface area contributed by atoms with E-state index in [4.69, 9.17) is 9.84 Å². The van der Waals surface area contributed by atoms with E-state index in [9.17, 15) is 9.59 Å². The van der Waals surface area contributed by atoms with Gasteiger partial charge in [-0.25, -0.2) is 4.79 Å². The quantitative estimate of drug-likeness (QED) is 0.675. The normalized spacial score (nSPS) is 17.9. The molecule has 0 spiro atoms. The molecule has 1 rings (SSSR count). The molecule has 0 saturated carbocycles. The molecule has 1 heterocycles. The lowest BCUT2D eigenvalue weighted by atomic mass is 9.97. The van der Waals surface area contributed by atoms with E-state index in [-0.39, 0.29) is 11.9 Å². The van der Waals surface area contributed by atoms with Crippen molar-refractivity contribution in [1.29, 1.82) is 0 Å². The van der Waals surface area contributed by atoms with Crippen LogP contribution in [0.15, 0.2) is 0 Å². The number of esters is 1. The molecule has 80 valence electrons. The van der Waals surface area contributed by atoms with Gasteiger partial charge in [0.05, 0.1) is 12.5 Å². The maximum atomic E-state index is 11.3. The highest BCUT2D eigenvalue weighted by Gasteiger charge is 2.27. The minimum absolute atomic E-state index is 0.120. The summed E-state index contributed by atoms with van der Waals surface area (Å²) < 4.78 is 4.87. The fraction of sp³-hybridized carbons (Fsp3) is 0.778. The van der Waals surface area contributed by atoms with E-state index in [0.717, 1.165) is 0 Å². The van der Waals surface area contributed by atoms with Crippen LogP contribution in [-0.4, -0.2) is 41.8 Å². The van der Waals surface area contributed by atoms with Crippen LogP contribution in [0.1, 0.15) is 19.8 Å². The fourth-order valence-electron chi connectivity index (χ4n) is 1.57. The number of hydrogen-bond donors (Lipinski definition) is 1. The molecular weight excluding hydrogens is 186 g/mol. The molecule has 1 N–H and O–H groups in total. The Kier molecular flexibility index (Phi) is 3.73. The summed E-state index contributed by atoms with van der Waals surface area (Å²) in [5.41, 5.74) is 0. The van der Waals surface area contributed by atoms with Gasteiger partial charge in [-0.3, -0.25) is 4.79 Å². The highest BCUT2D eigenvalue weighted by molar-refractivity contribution is 5.73. The maximum absolute atomic E-state index is 11.3. The molecule has 5 heteroatoms. The predicted octanol–water partition coefficient (Wildman–Crippen LogP) is 0.939. The molecule has 0 radical (unpaired) electrons. The summed E-state index contributed by atoms with van der Waals surface area (Å²) in [4.78, 5) is 23.2. The maximum Gasteiger partial charge on any atom is 0.407 e. The van der Waals surface area contributed by atoms with Crippen molar-refractivity contribution in [2.24, 2.45) is 5.92 Å². The highest BCUT2D eigenvalue weighted by atomic mass is 16.5. The van der Waals surface area contributed by atoms with Crippen molar-refractivity contribution < 1.29 is 19.4 Å². The Labute approximate surface area is 82.6 Å². The van der Waals surface area contributed by atoms with Crippen molar-refractivity contribution >= 4 is 12.1 Å². The lowest BCUT2D eigenvalue weighted by molar-refractivity contribution is -0.149. The van der Waals surface area contributed by atoms with E-state index in [2.05, 4.69) is 0 Å². The molecule has 1 aliphatic heterocycles. The van der Waals surface area contributed by atoms with Crippen molar-refractivity contribution in [1.82, 2.24) is 4.90 Å². The number of carboxylic acid groups (broad SMARTS) is 1. The topological polar surface area (TPSA) is 66.8 Å². The van der Waals surface area contributed by atoms with E-state index < -0.39 is 6.09 Å². The summed E-state index contributed by atoms with van der Waals surface area (Å²) in [5, 5.41) is 8.68. The third kappa shape index (κ3) is 2.61. The third-order valence-electron chi connectivity index (χ3n) is 2.39. The average molecular weight is 201 g/mol. The second-order valence-corrected chi connectivity index (χ2v) is 3.30. The fourth-order valence-corrected chi connectivity index (χ4v) is 1.57. The Morgan fingerprint density at radius 2 is 2.00 bits per heavy atom. The summed E-state index contributed by atoms with van der Waals surface area (Å²) in [5.74, 6) is -0.317. The Morgan fingerprint density at radius 3 is 2.43 bits per heavy atom. The molecule has 0 aromatic rings. The van der Waals surface area contributed by atoms with Gasteiger partial charge in [0.2, 0.25) is 0 Å². The molecule has 1 aliphatic rings. The monoisotopic (exact) mass is 201 g/mol. The second kappa shape index (κ2) is 4.83. The van der Waals surface area contributed by atoms with Gasteiger partial charge in [0.15, 0.2) is 0 Å². The van der Waals surface area contributed by atoms with E-state index in [1.54, 1.807) is 6.92 Å². The molecular formula is C9H15NO4. The minimum Gasteiger partial charge on any atom is -0.466 e. The molecule has 0 aromatic heterocycles. The van der Waals surface area contributed by atoms with Crippen molar-refractivity contribution in [2.75, 3.05) is 19.7 Å². The summed E-state index contributed by atoms with van der Waals surface area (Å²) in [7, 11) is 0. The Balaban J connectivity index is 2.35. The van der Waals surface area contributed by atoms with Gasteiger partial charge in [0.25, 0.3) is 0 Å². The molecule has 1 amide bonds. The molecule has 0 bridgehead atoms. The van der Waals surface area contributed by atoms with Crippen LogP contribution in [-0.2, 0) is 9.53 Å². The largest absolute Gasteiger partial charge is 0.466 e. The van der Waals surface area contributed by atoms with Gasteiger partial charge in [-0.1, -0.05) is 0 Å². The van der Waals surface area contributed by atoms with Crippen LogP contribution in [0.2, 0.25) is 0 Å². The van der Waals surface area contributed by atoms with Gasteiger partial charge < -0.3 is 14.7 Å². The smallest absolute Gasteiger partial charge is 0.407 e. The third-order valence-corrected chi connectivity index (χ3v) is 2.39. The van der Waals surface area contributed by atoms with Crippen LogP contribution in [0.5, 0.6) is 0 Å². The van der Waals surface area contributed by atoms with Crippen molar-refractivity contribution in [3.05, 3.63) is 0 Å². The van der Waals surface area contributed by atoms with Crippen molar-refractivity contribution in [3.63, 3.8) is 0 Å². The van der Waals surface area contributed by atoms with Gasteiger partial charge in [-0.05, 0) is 19.8 Å². The average Bonchev–Trinajstić information content (AvgIpc) is 2.18. The number of likely N-dealkylation sites (tertiary alicyclic amines) is 1. The zero-order chi connectivity index (χ0) is 10.6. The van der Waals surface area contributed by atoms with E-state index in [1.165, 1.54) is 4.90 Å². The number of piperidine rings is 1. The SMILES string of the molecule is CCOC(=O)C1CCN(C(=O)O)CC1. The number of carbonyl (C=O) groups is 2. The van der Waals surface area contributed by atoms with Crippen LogP contribution in [0.25, 0.3) is 0 Å². The van der Waals surface area contributed by atoms with Crippen LogP contribution in [0.4, 0.5) is 4.79 Å². The first-order valence-electron chi connectivity index (χ1n) is 4.79. The van der Waals surface area contributed by atoms with Gasteiger partial charge in [0.1, 0.15) is 0 Å². The number of hydrogen-bond acceptors (Lipinski definition) is 3. The standard InChI is InChI=1S/C9H15NO4/c1-2-14-8(11)7-3-5-10(6-4-7)9(12)13/h7H,2-6H2,1H3,(H,12,13). The molecule has 0 atom stereocenters. The lowest BCUT2D eigenvalue weighted by Crippen LogP contribution is -2.39. The first-order valence-corrected chi connectivity index (χ1v) is 4.79. The predicted molar refractivity (Wildman–Crippen MR) is 49.0 cm³/mol. The molecule has 0 aromatic carbocycles. The number of ether oxygens (including phenoxy) is 1. The summed E-state index contributed by atoms with van der Waals surface area (Å²) in [6, 6.07) is 0. The lowest BCUT2D eigenvalue weighted by Gasteiger charge is -2.28. The van der Waals surface area contributed by atoms with E-state index >= 15 is 0 Å². The zero-order valence-corrected chi connectivity index (χ0v) is 8.23. The Morgan fingerprint density at radius 1 is 1.43 bits per heavy atom. The van der Waals surface area contributed by atoms with Gasteiger partial charge >= 0.3 is 12.1 Å². The van der Waals surface area contributed by atoms with Gasteiger partial charge in [-0.15, -0.1) is 0 Å². The highest BCUT2D eigenvalue weighted by Crippen LogP contribution is 2.18. The number of carbonyl (C=O) groups excluding carboxylic acids is 1. The number of nitrogens with zero attached hydrogens (tertiary/aromatic N) is 1. The van der Waals surface area contributed by atoms with Crippen LogP contribution >= 0.6 is 0 Å². The number of rotatable bonds is 2. The zero-order valence-electron chi connectivity index (χ0n) is 8.23. The van der Waals surface area contributed by atoms with Crippen LogP contribution in [0.3, 0.4) is 0 Å². The molecule has 5 nitrogen and oxygen atoms in total. The Hall–Kier alpha value is -1.26. The second-order valence-electron chi connectivity index (χ2n) is 3.30. The van der Waals surface area contributed by atoms with Gasteiger partial charge in [-0.2, -0.15) is 0 Å². The van der Waals surface area contributed by atoms with Crippen LogP contribution in [0, 0.1) is 5.92 Å². The first kappa shape index (κ1) is 10.8. The minimum atomic E-state index is -0.910. The first-order chi connectivity index (χ1) is 6.65. The Bertz CT molecular complexity index is 221. The van der Waals surface area contributed by atoms with E-state index in [1.807, 2.05) is 0 Å². The molecule has 1 saturated heterocycles.